The normalized spacial score (nSPS) is 10.5. The van der Waals surface area contributed by atoms with Gasteiger partial charge in [0.2, 0.25) is 0 Å². The quantitative estimate of drug-likeness (QED) is 0.641. The van der Waals surface area contributed by atoms with Crippen LogP contribution >= 0.6 is 0 Å². The van der Waals surface area contributed by atoms with Gasteiger partial charge in [-0.25, -0.2) is 9.18 Å². The molecule has 17 heavy (non-hydrogen) atoms. The molecule has 0 atom stereocenters. The van der Waals surface area contributed by atoms with Gasteiger partial charge in [-0.2, -0.15) is 0 Å². The molecular weight excluding hydrogens is 225 g/mol. The summed E-state index contributed by atoms with van der Waals surface area (Å²) in [6.45, 7) is 1.28. The van der Waals surface area contributed by atoms with Crippen LogP contribution in [0.4, 0.5) is 4.39 Å². The van der Waals surface area contributed by atoms with E-state index in [1.54, 1.807) is 0 Å². The first kappa shape index (κ1) is 11.3. The summed E-state index contributed by atoms with van der Waals surface area (Å²) in [4.78, 5) is 25.5. The number of methoxy groups -OCH3 is 1. The molecule has 0 bridgehead atoms. The van der Waals surface area contributed by atoms with Gasteiger partial charge in [0.05, 0.1) is 12.7 Å². The van der Waals surface area contributed by atoms with Gasteiger partial charge in [-0.05, 0) is 25.1 Å². The first-order valence-corrected chi connectivity index (χ1v) is 4.95. The molecule has 0 saturated carbocycles. The third kappa shape index (κ3) is 1.80. The molecule has 0 fully saturated rings. The molecule has 0 aliphatic heterocycles. The summed E-state index contributed by atoms with van der Waals surface area (Å²) >= 11 is 0. The first-order valence-electron chi connectivity index (χ1n) is 4.95. The van der Waals surface area contributed by atoms with Crippen molar-refractivity contribution >= 4 is 22.7 Å². The number of ketones is 1. The predicted octanol–water partition coefficient (Wildman–Crippen LogP) is 2.30. The van der Waals surface area contributed by atoms with Crippen molar-refractivity contribution in [1.82, 2.24) is 4.98 Å². The molecule has 0 aliphatic rings. The Hall–Kier alpha value is -2.17. The number of hydrogen-bond donors (Lipinski definition) is 1. The third-order valence-corrected chi connectivity index (χ3v) is 2.51. The van der Waals surface area contributed by atoms with Crippen LogP contribution in [-0.4, -0.2) is 23.8 Å². The molecule has 0 aliphatic carbocycles. The zero-order chi connectivity index (χ0) is 12.6. The number of halogens is 1. The Bertz CT molecular complexity index is 615. The van der Waals surface area contributed by atoms with E-state index in [1.807, 2.05) is 0 Å². The highest BCUT2D eigenvalue weighted by molar-refractivity contribution is 6.08. The van der Waals surface area contributed by atoms with Crippen LogP contribution in [0.3, 0.4) is 0 Å². The second-order valence-corrected chi connectivity index (χ2v) is 3.61. The van der Waals surface area contributed by atoms with Gasteiger partial charge in [-0.15, -0.1) is 0 Å². The Morgan fingerprint density at radius 2 is 2.06 bits per heavy atom. The number of ether oxygens (including phenoxy) is 1. The molecule has 1 aromatic heterocycles. The largest absolute Gasteiger partial charge is 0.464 e. The average molecular weight is 235 g/mol. The van der Waals surface area contributed by atoms with Gasteiger partial charge in [0.1, 0.15) is 11.5 Å². The molecule has 0 unspecified atom stereocenters. The molecule has 2 rings (SSSR count). The number of fused-ring (bicyclic) bond motifs is 1. The lowest BCUT2D eigenvalue weighted by atomic mass is 10.1. The molecular formula is C12H10FNO3. The highest BCUT2D eigenvalue weighted by Gasteiger charge is 2.16. The summed E-state index contributed by atoms with van der Waals surface area (Å²) in [6.07, 6.45) is 0. The van der Waals surface area contributed by atoms with E-state index in [4.69, 9.17) is 0 Å². The highest BCUT2D eigenvalue weighted by atomic mass is 19.1. The van der Waals surface area contributed by atoms with E-state index in [0.29, 0.717) is 10.9 Å². The summed E-state index contributed by atoms with van der Waals surface area (Å²) in [6, 6.07) is 4.08. The maximum Gasteiger partial charge on any atom is 0.354 e. The molecule has 0 saturated heterocycles. The lowest BCUT2D eigenvalue weighted by Crippen LogP contribution is -2.00. The smallest absolute Gasteiger partial charge is 0.354 e. The maximum atomic E-state index is 13.5. The van der Waals surface area contributed by atoms with Crippen molar-refractivity contribution in [2.24, 2.45) is 0 Å². The Balaban J connectivity index is 2.73. The lowest BCUT2D eigenvalue weighted by Gasteiger charge is -1.99. The van der Waals surface area contributed by atoms with Crippen LogP contribution in [0, 0.1) is 5.82 Å². The molecule has 0 spiro atoms. The molecule has 1 heterocycles. The topological polar surface area (TPSA) is 59.2 Å². The van der Waals surface area contributed by atoms with Crippen LogP contribution in [0.1, 0.15) is 27.8 Å². The molecule has 0 amide bonds. The number of rotatable bonds is 2. The Labute approximate surface area is 96.4 Å². The number of carbonyl (C=O) groups excluding carboxylic acids is 2. The minimum absolute atomic E-state index is 0.0195. The van der Waals surface area contributed by atoms with Crippen LogP contribution in [0.15, 0.2) is 18.2 Å². The lowest BCUT2D eigenvalue weighted by molar-refractivity contribution is 0.0595. The molecule has 2 aromatic rings. The SMILES string of the molecule is COC(=O)c1cc2c(C(C)=O)c(F)ccc2[nH]1. The van der Waals surface area contributed by atoms with E-state index in [0.717, 1.165) is 0 Å². The second kappa shape index (κ2) is 4.01. The number of esters is 1. The average Bonchev–Trinajstić information content (AvgIpc) is 2.70. The molecule has 0 radical (unpaired) electrons. The van der Waals surface area contributed by atoms with Gasteiger partial charge in [-0.1, -0.05) is 0 Å². The standard InChI is InChI=1S/C12H10FNO3/c1-6(15)11-7-5-10(12(16)17-2)14-9(7)4-3-8(11)13/h3-5,14H,1-2H3. The first-order chi connectivity index (χ1) is 8.04. The summed E-state index contributed by atoms with van der Waals surface area (Å²) in [7, 11) is 1.25. The van der Waals surface area contributed by atoms with Crippen LogP contribution in [0.25, 0.3) is 10.9 Å². The van der Waals surface area contributed by atoms with Crippen LogP contribution < -0.4 is 0 Å². The Morgan fingerprint density at radius 3 is 2.65 bits per heavy atom. The number of aromatic amines is 1. The van der Waals surface area contributed by atoms with Crippen molar-refractivity contribution < 1.29 is 18.7 Å². The fourth-order valence-electron chi connectivity index (χ4n) is 1.76. The summed E-state index contributed by atoms with van der Waals surface area (Å²) in [5.41, 5.74) is 0.696. The van der Waals surface area contributed by atoms with E-state index < -0.39 is 11.8 Å². The van der Waals surface area contributed by atoms with E-state index in [1.165, 1.54) is 32.2 Å². The monoisotopic (exact) mass is 235 g/mol. The van der Waals surface area contributed by atoms with Crippen molar-refractivity contribution in [3.05, 3.63) is 35.3 Å². The second-order valence-electron chi connectivity index (χ2n) is 3.61. The number of H-pyrrole nitrogens is 1. The number of carbonyl (C=O) groups is 2. The van der Waals surface area contributed by atoms with Crippen molar-refractivity contribution in [2.45, 2.75) is 6.92 Å². The Kier molecular flexibility index (Phi) is 2.67. The fourth-order valence-corrected chi connectivity index (χ4v) is 1.76. The number of hydrogen-bond acceptors (Lipinski definition) is 3. The zero-order valence-electron chi connectivity index (χ0n) is 9.33. The number of Topliss-reactive ketones (excluding diaryl/α,β-unsaturated/α-hetero) is 1. The van der Waals surface area contributed by atoms with Crippen LogP contribution in [0.2, 0.25) is 0 Å². The number of aromatic nitrogens is 1. The minimum Gasteiger partial charge on any atom is -0.464 e. The molecule has 1 N–H and O–H groups in total. The van der Waals surface area contributed by atoms with Crippen molar-refractivity contribution in [3.63, 3.8) is 0 Å². The van der Waals surface area contributed by atoms with Gasteiger partial charge >= 0.3 is 5.97 Å². The molecule has 4 nitrogen and oxygen atoms in total. The van der Waals surface area contributed by atoms with Crippen molar-refractivity contribution in [1.29, 1.82) is 0 Å². The fraction of sp³-hybridized carbons (Fsp3) is 0.167. The van der Waals surface area contributed by atoms with Gasteiger partial charge in [0.15, 0.2) is 5.78 Å². The molecule has 5 heteroatoms. The van der Waals surface area contributed by atoms with E-state index >= 15 is 0 Å². The summed E-state index contributed by atoms with van der Waals surface area (Å²) in [5, 5.41) is 0.387. The van der Waals surface area contributed by atoms with Crippen molar-refractivity contribution in [2.75, 3.05) is 7.11 Å². The highest BCUT2D eigenvalue weighted by Crippen LogP contribution is 2.23. The van der Waals surface area contributed by atoms with E-state index in [9.17, 15) is 14.0 Å². The molecule has 1 aromatic carbocycles. The number of nitrogens with one attached hydrogen (secondary N) is 1. The van der Waals surface area contributed by atoms with Gasteiger partial charge in [-0.3, -0.25) is 4.79 Å². The maximum absolute atomic E-state index is 13.5. The summed E-state index contributed by atoms with van der Waals surface area (Å²) < 4.78 is 18.1. The van der Waals surface area contributed by atoms with Gasteiger partial charge < -0.3 is 9.72 Å². The predicted molar refractivity (Wildman–Crippen MR) is 59.6 cm³/mol. The summed E-state index contributed by atoms with van der Waals surface area (Å²) in [5.74, 6) is -1.54. The Morgan fingerprint density at radius 1 is 1.35 bits per heavy atom. The van der Waals surface area contributed by atoms with Crippen LogP contribution in [0.5, 0.6) is 0 Å². The third-order valence-electron chi connectivity index (χ3n) is 2.51. The van der Waals surface area contributed by atoms with Gasteiger partial charge in [0, 0.05) is 10.9 Å². The zero-order valence-corrected chi connectivity index (χ0v) is 9.33. The number of benzene rings is 1. The van der Waals surface area contributed by atoms with Crippen molar-refractivity contribution in [3.8, 4) is 0 Å². The van der Waals surface area contributed by atoms with E-state index in [2.05, 4.69) is 9.72 Å². The van der Waals surface area contributed by atoms with Gasteiger partial charge in [0.25, 0.3) is 0 Å². The molecule has 88 valence electrons. The van der Waals surface area contributed by atoms with Crippen LogP contribution in [-0.2, 0) is 4.74 Å². The minimum atomic E-state index is -0.597. The van der Waals surface area contributed by atoms with E-state index in [-0.39, 0.29) is 17.0 Å².